The number of benzene rings is 2. The second-order valence-electron chi connectivity index (χ2n) is 5.85. The number of amides is 2. The first-order chi connectivity index (χ1) is 13.1. The lowest BCUT2D eigenvalue weighted by Gasteiger charge is -2.08. The van der Waals surface area contributed by atoms with Crippen LogP contribution in [0.4, 0.5) is 0 Å². The highest BCUT2D eigenvalue weighted by molar-refractivity contribution is 6.30. The molecule has 138 valence electrons. The molecule has 0 atom stereocenters. The van der Waals surface area contributed by atoms with Crippen molar-refractivity contribution < 1.29 is 14.1 Å². The molecule has 0 spiro atoms. The zero-order valence-electron chi connectivity index (χ0n) is 14.7. The zero-order chi connectivity index (χ0) is 19.2. The van der Waals surface area contributed by atoms with Crippen molar-refractivity contribution in [1.82, 2.24) is 15.8 Å². The van der Waals surface area contributed by atoms with Gasteiger partial charge in [-0.3, -0.25) is 9.59 Å². The summed E-state index contributed by atoms with van der Waals surface area (Å²) in [7, 11) is 0. The van der Waals surface area contributed by atoms with Gasteiger partial charge in [0.05, 0.1) is 0 Å². The Bertz CT molecular complexity index is 937. The fraction of sp³-hybridized carbons (Fsp3) is 0.150. The Morgan fingerprint density at radius 3 is 2.26 bits per heavy atom. The number of halogens is 1. The molecule has 1 aromatic heterocycles. The average molecular weight is 384 g/mol. The highest BCUT2D eigenvalue weighted by Gasteiger charge is 2.21. The average Bonchev–Trinajstić information content (AvgIpc) is 3.07. The van der Waals surface area contributed by atoms with Crippen LogP contribution < -0.4 is 10.6 Å². The number of hydrogen-bond acceptors (Lipinski definition) is 4. The number of aromatic nitrogens is 1. The normalized spacial score (nSPS) is 10.4. The molecule has 0 aliphatic heterocycles. The summed E-state index contributed by atoms with van der Waals surface area (Å²) < 4.78 is 5.19. The third-order valence-electron chi connectivity index (χ3n) is 3.94. The van der Waals surface area contributed by atoms with Gasteiger partial charge in [-0.15, -0.1) is 0 Å². The molecule has 3 aromatic rings. The van der Waals surface area contributed by atoms with Crippen molar-refractivity contribution in [3.8, 4) is 11.3 Å². The standard InChI is InChI=1S/C20H18ClN3O3/c1-13-17(18(24-27-13)14-5-3-2-4-6-14)20(26)23-12-11-22-19(25)15-7-9-16(21)10-8-15/h2-10H,11-12H2,1H3,(H,22,25)(H,23,26). The van der Waals surface area contributed by atoms with Gasteiger partial charge in [-0.05, 0) is 31.2 Å². The number of nitrogens with one attached hydrogen (secondary N) is 2. The summed E-state index contributed by atoms with van der Waals surface area (Å²) in [6.07, 6.45) is 0. The maximum atomic E-state index is 12.5. The van der Waals surface area contributed by atoms with E-state index in [0.29, 0.717) is 27.6 Å². The maximum Gasteiger partial charge on any atom is 0.257 e. The summed E-state index contributed by atoms with van der Waals surface area (Å²) in [4.78, 5) is 24.6. The summed E-state index contributed by atoms with van der Waals surface area (Å²) in [5.74, 6) is -0.0862. The molecule has 27 heavy (non-hydrogen) atoms. The molecular formula is C20H18ClN3O3. The Labute approximate surface area is 161 Å². The van der Waals surface area contributed by atoms with Crippen LogP contribution in [0.1, 0.15) is 26.5 Å². The van der Waals surface area contributed by atoms with E-state index in [-0.39, 0.29) is 24.9 Å². The topological polar surface area (TPSA) is 84.2 Å². The molecule has 0 radical (unpaired) electrons. The van der Waals surface area contributed by atoms with Crippen LogP contribution in [0.2, 0.25) is 5.02 Å². The van der Waals surface area contributed by atoms with Gasteiger partial charge in [-0.1, -0.05) is 47.1 Å². The lowest BCUT2D eigenvalue weighted by Crippen LogP contribution is -2.35. The van der Waals surface area contributed by atoms with Crippen LogP contribution in [0.15, 0.2) is 59.1 Å². The molecule has 0 saturated heterocycles. The number of carbonyl (C=O) groups is 2. The summed E-state index contributed by atoms with van der Waals surface area (Å²) >= 11 is 5.80. The highest BCUT2D eigenvalue weighted by atomic mass is 35.5. The van der Waals surface area contributed by atoms with Crippen LogP contribution in [0, 0.1) is 6.92 Å². The Balaban J connectivity index is 1.57. The number of hydrogen-bond donors (Lipinski definition) is 2. The molecule has 2 N–H and O–H groups in total. The van der Waals surface area contributed by atoms with Gasteiger partial charge >= 0.3 is 0 Å². The van der Waals surface area contributed by atoms with E-state index in [0.717, 1.165) is 5.56 Å². The minimum Gasteiger partial charge on any atom is -0.360 e. The van der Waals surface area contributed by atoms with E-state index >= 15 is 0 Å². The van der Waals surface area contributed by atoms with Crippen molar-refractivity contribution in [1.29, 1.82) is 0 Å². The SMILES string of the molecule is Cc1onc(-c2ccccc2)c1C(=O)NCCNC(=O)c1ccc(Cl)cc1. The first-order valence-electron chi connectivity index (χ1n) is 8.40. The lowest BCUT2D eigenvalue weighted by molar-refractivity contribution is 0.0927. The van der Waals surface area contributed by atoms with Gasteiger partial charge in [-0.25, -0.2) is 0 Å². The minimum absolute atomic E-state index is 0.230. The molecule has 2 aromatic carbocycles. The summed E-state index contributed by atoms with van der Waals surface area (Å²) in [5, 5.41) is 10.1. The third-order valence-corrected chi connectivity index (χ3v) is 4.19. The van der Waals surface area contributed by atoms with E-state index in [2.05, 4.69) is 15.8 Å². The van der Waals surface area contributed by atoms with Crippen molar-refractivity contribution in [3.63, 3.8) is 0 Å². The highest BCUT2D eigenvalue weighted by Crippen LogP contribution is 2.24. The maximum absolute atomic E-state index is 12.5. The summed E-state index contributed by atoms with van der Waals surface area (Å²) in [6.45, 7) is 2.26. The molecule has 0 saturated carbocycles. The Morgan fingerprint density at radius 2 is 1.59 bits per heavy atom. The summed E-state index contributed by atoms with van der Waals surface area (Å²) in [6, 6.07) is 15.9. The van der Waals surface area contributed by atoms with Crippen molar-refractivity contribution >= 4 is 23.4 Å². The van der Waals surface area contributed by atoms with E-state index in [1.165, 1.54) is 0 Å². The van der Waals surface area contributed by atoms with Gasteiger partial charge in [0.1, 0.15) is 17.0 Å². The van der Waals surface area contributed by atoms with Gasteiger partial charge < -0.3 is 15.2 Å². The largest absolute Gasteiger partial charge is 0.360 e. The van der Waals surface area contributed by atoms with Crippen molar-refractivity contribution in [2.45, 2.75) is 6.92 Å². The molecule has 2 amide bonds. The van der Waals surface area contributed by atoms with Crippen molar-refractivity contribution in [2.75, 3.05) is 13.1 Å². The van der Waals surface area contributed by atoms with Crippen molar-refractivity contribution in [2.24, 2.45) is 0 Å². The molecule has 3 rings (SSSR count). The second kappa shape index (κ2) is 8.51. The lowest BCUT2D eigenvalue weighted by atomic mass is 10.1. The van der Waals surface area contributed by atoms with E-state index in [9.17, 15) is 9.59 Å². The van der Waals surface area contributed by atoms with E-state index in [1.807, 2.05) is 30.3 Å². The Morgan fingerprint density at radius 1 is 0.963 bits per heavy atom. The molecule has 0 fully saturated rings. The number of carbonyl (C=O) groups excluding carboxylic acids is 2. The Hall–Kier alpha value is -3.12. The molecule has 0 aliphatic carbocycles. The smallest absolute Gasteiger partial charge is 0.257 e. The quantitative estimate of drug-likeness (QED) is 0.638. The van der Waals surface area contributed by atoms with Crippen molar-refractivity contribution in [3.05, 3.63) is 76.5 Å². The van der Waals surface area contributed by atoms with Crippen LogP contribution in [0.25, 0.3) is 11.3 Å². The van der Waals surface area contributed by atoms with Gasteiger partial charge in [0.25, 0.3) is 11.8 Å². The molecule has 1 heterocycles. The second-order valence-corrected chi connectivity index (χ2v) is 6.28. The van der Waals surface area contributed by atoms with Crippen LogP contribution in [0.3, 0.4) is 0 Å². The van der Waals surface area contributed by atoms with E-state index in [4.69, 9.17) is 16.1 Å². The van der Waals surface area contributed by atoms with Gasteiger partial charge in [0.2, 0.25) is 0 Å². The molecule has 0 unspecified atom stereocenters. The monoisotopic (exact) mass is 383 g/mol. The molecule has 6 nitrogen and oxygen atoms in total. The van der Waals surface area contributed by atoms with E-state index < -0.39 is 0 Å². The molecular weight excluding hydrogens is 366 g/mol. The number of rotatable bonds is 6. The Kier molecular flexibility index (Phi) is 5.88. The van der Waals surface area contributed by atoms with Crippen LogP contribution in [-0.4, -0.2) is 30.1 Å². The predicted octanol–water partition coefficient (Wildman–Crippen LogP) is 3.46. The summed E-state index contributed by atoms with van der Waals surface area (Å²) in [5.41, 5.74) is 2.20. The fourth-order valence-electron chi connectivity index (χ4n) is 2.58. The minimum atomic E-state index is -0.298. The fourth-order valence-corrected chi connectivity index (χ4v) is 2.70. The molecule has 7 heteroatoms. The van der Waals surface area contributed by atoms with Crippen LogP contribution in [-0.2, 0) is 0 Å². The first kappa shape index (κ1) is 18.7. The number of nitrogens with zero attached hydrogens (tertiary/aromatic N) is 1. The number of aryl methyl sites for hydroxylation is 1. The zero-order valence-corrected chi connectivity index (χ0v) is 15.4. The van der Waals surface area contributed by atoms with Gasteiger partial charge in [0.15, 0.2) is 0 Å². The first-order valence-corrected chi connectivity index (χ1v) is 8.77. The van der Waals surface area contributed by atoms with Gasteiger partial charge in [-0.2, -0.15) is 0 Å². The molecule has 0 bridgehead atoms. The van der Waals surface area contributed by atoms with Crippen LogP contribution in [0.5, 0.6) is 0 Å². The molecule has 0 aliphatic rings. The van der Waals surface area contributed by atoms with E-state index in [1.54, 1.807) is 31.2 Å². The predicted molar refractivity (Wildman–Crippen MR) is 103 cm³/mol. The van der Waals surface area contributed by atoms with Gasteiger partial charge in [0, 0.05) is 29.2 Å². The third kappa shape index (κ3) is 4.54. The van der Waals surface area contributed by atoms with Crippen LogP contribution >= 0.6 is 11.6 Å².